The van der Waals surface area contributed by atoms with Crippen LogP contribution in [0, 0.1) is 0 Å². The summed E-state index contributed by atoms with van der Waals surface area (Å²) in [7, 11) is 0. The molecule has 2 N–H and O–H groups in total. The average molecular weight is 349 g/mol. The van der Waals surface area contributed by atoms with Crippen LogP contribution in [0.15, 0.2) is 48.5 Å². The number of aryl methyl sites for hydroxylation is 1. The number of ether oxygens (including phenoxy) is 1. The Morgan fingerprint density at radius 1 is 1.13 bits per heavy atom. The van der Waals surface area contributed by atoms with Gasteiger partial charge in [0, 0.05) is 6.54 Å². The van der Waals surface area contributed by atoms with Gasteiger partial charge in [0.2, 0.25) is 0 Å². The van der Waals surface area contributed by atoms with E-state index in [1.807, 2.05) is 43.3 Å². The molecule has 0 bridgehead atoms. The highest BCUT2D eigenvalue weighted by Crippen LogP contribution is 2.20. The van der Waals surface area contributed by atoms with E-state index in [2.05, 4.69) is 22.8 Å². The number of para-hydroxylation sites is 1. The highest BCUT2D eigenvalue weighted by atomic mass is 35.5. The lowest BCUT2D eigenvalue weighted by Crippen LogP contribution is -2.29. The van der Waals surface area contributed by atoms with Crippen LogP contribution in [-0.4, -0.2) is 18.3 Å². The molecule has 3 nitrogen and oxygen atoms in total. The van der Waals surface area contributed by atoms with Gasteiger partial charge in [0.1, 0.15) is 5.75 Å². The van der Waals surface area contributed by atoms with Crippen LogP contribution in [0.3, 0.4) is 0 Å². The molecule has 122 valence electrons. The molecule has 0 spiro atoms. The van der Waals surface area contributed by atoms with Crippen molar-refractivity contribution in [2.45, 2.75) is 19.8 Å². The first-order valence-electron chi connectivity index (χ1n) is 7.70. The molecule has 2 aromatic carbocycles. The fourth-order valence-corrected chi connectivity index (χ4v) is 2.54. The van der Waals surface area contributed by atoms with Gasteiger partial charge in [0.15, 0.2) is 5.11 Å². The Morgan fingerprint density at radius 2 is 1.87 bits per heavy atom. The fourth-order valence-electron chi connectivity index (χ4n) is 2.14. The molecule has 0 saturated carbocycles. The van der Waals surface area contributed by atoms with Crippen molar-refractivity contribution < 1.29 is 4.74 Å². The number of rotatable bonds is 7. The Balaban J connectivity index is 1.68. The Kier molecular flexibility index (Phi) is 7.17. The third-order valence-electron chi connectivity index (χ3n) is 3.28. The molecule has 0 aliphatic carbocycles. The first kappa shape index (κ1) is 17.6. The summed E-state index contributed by atoms with van der Waals surface area (Å²) in [6.45, 7) is 3.49. The summed E-state index contributed by atoms with van der Waals surface area (Å²) < 4.78 is 5.44. The molecule has 5 heteroatoms. The van der Waals surface area contributed by atoms with Crippen molar-refractivity contribution in [3.8, 4) is 5.75 Å². The van der Waals surface area contributed by atoms with Gasteiger partial charge in [-0.3, -0.25) is 0 Å². The second-order valence-corrected chi connectivity index (χ2v) is 5.86. The highest BCUT2D eigenvalue weighted by molar-refractivity contribution is 7.80. The van der Waals surface area contributed by atoms with Crippen LogP contribution in [-0.2, 0) is 6.42 Å². The largest absolute Gasteiger partial charge is 0.494 e. The number of anilines is 1. The molecule has 0 aliphatic rings. The average Bonchev–Trinajstić information content (AvgIpc) is 2.55. The van der Waals surface area contributed by atoms with Crippen molar-refractivity contribution in [3.63, 3.8) is 0 Å². The normalized spacial score (nSPS) is 10.2. The number of halogens is 1. The van der Waals surface area contributed by atoms with E-state index < -0.39 is 0 Å². The minimum Gasteiger partial charge on any atom is -0.494 e. The highest BCUT2D eigenvalue weighted by Gasteiger charge is 2.01. The van der Waals surface area contributed by atoms with Gasteiger partial charge >= 0.3 is 0 Å². The van der Waals surface area contributed by atoms with E-state index in [-0.39, 0.29) is 0 Å². The molecular formula is C18H21ClN2OS. The molecule has 0 heterocycles. The van der Waals surface area contributed by atoms with Gasteiger partial charge in [-0.05, 0) is 61.8 Å². The maximum absolute atomic E-state index is 6.08. The number of hydrogen-bond acceptors (Lipinski definition) is 2. The molecule has 2 rings (SSSR count). The molecule has 0 fully saturated rings. The van der Waals surface area contributed by atoms with Crippen molar-refractivity contribution in [1.29, 1.82) is 0 Å². The third-order valence-corrected chi connectivity index (χ3v) is 3.86. The van der Waals surface area contributed by atoms with Crippen molar-refractivity contribution in [2.75, 3.05) is 18.5 Å². The summed E-state index contributed by atoms with van der Waals surface area (Å²) in [6.07, 6.45) is 1.99. The lowest BCUT2D eigenvalue weighted by molar-refractivity contribution is 0.340. The van der Waals surface area contributed by atoms with E-state index >= 15 is 0 Å². The van der Waals surface area contributed by atoms with Crippen LogP contribution in [0.2, 0.25) is 5.02 Å². The second kappa shape index (κ2) is 9.38. The summed E-state index contributed by atoms with van der Waals surface area (Å²) in [5.41, 5.74) is 2.11. The number of hydrogen-bond donors (Lipinski definition) is 2. The van der Waals surface area contributed by atoms with Crippen molar-refractivity contribution in [1.82, 2.24) is 5.32 Å². The summed E-state index contributed by atoms with van der Waals surface area (Å²) >= 11 is 11.4. The van der Waals surface area contributed by atoms with Crippen LogP contribution in [0.25, 0.3) is 0 Å². The van der Waals surface area contributed by atoms with Gasteiger partial charge < -0.3 is 15.4 Å². The molecule has 0 amide bonds. The Morgan fingerprint density at radius 3 is 2.57 bits per heavy atom. The maximum Gasteiger partial charge on any atom is 0.170 e. The van der Waals surface area contributed by atoms with E-state index in [9.17, 15) is 0 Å². The number of nitrogens with one attached hydrogen (secondary N) is 2. The Bertz CT molecular complexity index is 631. The van der Waals surface area contributed by atoms with E-state index in [0.717, 1.165) is 30.8 Å². The SMILES string of the molecule is CCOc1ccc(CCCNC(=S)Nc2ccccc2Cl)cc1. The topological polar surface area (TPSA) is 33.3 Å². The van der Waals surface area contributed by atoms with Gasteiger partial charge in [-0.2, -0.15) is 0 Å². The van der Waals surface area contributed by atoms with Crippen LogP contribution >= 0.6 is 23.8 Å². The summed E-state index contributed by atoms with van der Waals surface area (Å²) in [5, 5.41) is 7.55. The van der Waals surface area contributed by atoms with E-state index in [1.165, 1.54) is 5.56 Å². The number of benzene rings is 2. The molecule has 0 radical (unpaired) electrons. The first-order valence-corrected chi connectivity index (χ1v) is 8.49. The van der Waals surface area contributed by atoms with Gasteiger partial charge in [-0.1, -0.05) is 35.9 Å². The molecule has 0 unspecified atom stereocenters. The van der Waals surface area contributed by atoms with Gasteiger partial charge in [0.05, 0.1) is 17.3 Å². The summed E-state index contributed by atoms with van der Waals surface area (Å²) in [4.78, 5) is 0. The molecule has 0 aromatic heterocycles. The van der Waals surface area contributed by atoms with E-state index in [4.69, 9.17) is 28.6 Å². The molecule has 2 aromatic rings. The van der Waals surface area contributed by atoms with Gasteiger partial charge in [-0.15, -0.1) is 0 Å². The monoisotopic (exact) mass is 348 g/mol. The first-order chi connectivity index (χ1) is 11.2. The van der Waals surface area contributed by atoms with Gasteiger partial charge in [-0.25, -0.2) is 0 Å². The smallest absolute Gasteiger partial charge is 0.170 e. The number of thiocarbonyl (C=S) groups is 1. The van der Waals surface area contributed by atoms with Crippen molar-refractivity contribution in [3.05, 3.63) is 59.1 Å². The molecule has 23 heavy (non-hydrogen) atoms. The van der Waals surface area contributed by atoms with Crippen molar-refractivity contribution in [2.24, 2.45) is 0 Å². The lowest BCUT2D eigenvalue weighted by atomic mass is 10.1. The van der Waals surface area contributed by atoms with Crippen LogP contribution in [0.1, 0.15) is 18.9 Å². The molecule has 0 aliphatic heterocycles. The fraction of sp³-hybridized carbons (Fsp3) is 0.278. The zero-order valence-electron chi connectivity index (χ0n) is 13.1. The predicted molar refractivity (Wildman–Crippen MR) is 102 cm³/mol. The minimum absolute atomic E-state index is 0.588. The molecule has 0 atom stereocenters. The van der Waals surface area contributed by atoms with Gasteiger partial charge in [0.25, 0.3) is 0 Å². The standard InChI is InChI=1S/C18H21ClN2OS/c1-2-22-15-11-9-14(10-12-15)6-5-13-20-18(23)21-17-8-4-3-7-16(17)19/h3-4,7-12H,2,5-6,13H2,1H3,(H2,20,21,23). The minimum atomic E-state index is 0.588. The molecule has 0 saturated heterocycles. The van der Waals surface area contributed by atoms with E-state index in [1.54, 1.807) is 0 Å². The summed E-state index contributed by atoms with van der Waals surface area (Å²) in [5.74, 6) is 0.916. The van der Waals surface area contributed by atoms with Crippen LogP contribution in [0.5, 0.6) is 5.75 Å². The lowest BCUT2D eigenvalue weighted by Gasteiger charge is -2.11. The quantitative estimate of drug-likeness (QED) is 0.563. The Hall–Kier alpha value is -1.78. The van der Waals surface area contributed by atoms with Crippen molar-refractivity contribution >= 4 is 34.6 Å². The zero-order chi connectivity index (χ0) is 16.5. The van der Waals surface area contributed by atoms with E-state index in [0.29, 0.717) is 16.7 Å². The predicted octanol–water partition coefficient (Wildman–Crippen LogP) is 4.66. The van der Waals surface area contributed by atoms with Crippen LogP contribution < -0.4 is 15.4 Å². The zero-order valence-corrected chi connectivity index (χ0v) is 14.7. The third kappa shape index (κ3) is 6.08. The molecular weight excluding hydrogens is 328 g/mol. The maximum atomic E-state index is 6.08. The second-order valence-electron chi connectivity index (χ2n) is 5.04. The Labute approximate surface area is 148 Å². The summed E-state index contributed by atoms with van der Waals surface area (Å²) in [6, 6.07) is 15.8. The van der Waals surface area contributed by atoms with Crippen LogP contribution in [0.4, 0.5) is 5.69 Å².